The second kappa shape index (κ2) is 4.34. The highest BCUT2D eigenvalue weighted by atomic mass is 16.5. The van der Waals surface area contributed by atoms with E-state index in [4.69, 9.17) is 10.5 Å². The fraction of sp³-hybridized carbons (Fsp3) is 0.400. The van der Waals surface area contributed by atoms with E-state index in [2.05, 4.69) is 24.0 Å². The minimum Gasteiger partial charge on any atom is -0.373 e. The van der Waals surface area contributed by atoms with Crippen molar-refractivity contribution in [2.45, 2.75) is 31.4 Å². The van der Waals surface area contributed by atoms with Crippen LogP contribution in [0.4, 0.5) is 0 Å². The molecule has 0 spiro atoms. The molecule has 2 atom stereocenters. The van der Waals surface area contributed by atoms with Crippen molar-refractivity contribution in [1.82, 2.24) is 4.98 Å². The molecule has 0 bridgehead atoms. The van der Waals surface area contributed by atoms with E-state index in [1.165, 1.54) is 5.39 Å². The summed E-state index contributed by atoms with van der Waals surface area (Å²) in [6.45, 7) is 2.93. The maximum Gasteiger partial charge on any atom is 0.0847 e. The lowest BCUT2D eigenvalue weighted by Gasteiger charge is -2.31. The van der Waals surface area contributed by atoms with Gasteiger partial charge >= 0.3 is 0 Å². The summed E-state index contributed by atoms with van der Waals surface area (Å²) in [7, 11) is 0. The van der Waals surface area contributed by atoms with Gasteiger partial charge in [0.25, 0.3) is 0 Å². The summed E-state index contributed by atoms with van der Waals surface area (Å²) < 4.78 is 5.86. The zero-order chi connectivity index (χ0) is 12.6. The van der Waals surface area contributed by atoms with Gasteiger partial charge in [-0.2, -0.15) is 0 Å². The summed E-state index contributed by atoms with van der Waals surface area (Å²) in [4.78, 5) is 4.16. The van der Waals surface area contributed by atoms with Crippen molar-refractivity contribution in [2.75, 3.05) is 6.61 Å². The standard InChI is InChI=1S/C15H18N2O/c1-15(7-3-9-18-15)14(16)13-5-2-4-11-10-17-8-6-12(11)13/h2,4-6,8,10,14H,3,7,9,16H2,1H3. The molecule has 1 aliphatic rings. The number of hydrogen-bond donors (Lipinski definition) is 1. The highest BCUT2D eigenvalue weighted by molar-refractivity contribution is 5.85. The summed E-state index contributed by atoms with van der Waals surface area (Å²) in [5, 5.41) is 2.31. The number of ether oxygens (including phenoxy) is 1. The van der Waals surface area contributed by atoms with Crippen LogP contribution >= 0.6 is 0 Å². The lowest BCUT2D eigenvalue weighted by molar-refractivity contribution is -0.00138. The Bertz CT molecular complexity index is 556. The number of aromatic nitrogens is 1. The first-order valence-electron chi connectivity index (χ1n) is 6.43. The maximum atomic E-state index is 6.46. The molecule has 3 heteroatoms. The van der Waals surface area contributed by atoms with E-state index in [1.54, 1.807) is 0 Å². The smallest absolute Gasteiger partial charge is 0.0847 e. The first kappa shape index (κ1) is 11.6. The van der Waals surface area contributed by atoms with E-state index >= 15 is 0 Å². The molecule has 1 aromatic carbocycles. The van der Waals surface area contributed by atoms with Gasteiger partial charge in [0.1, 0.15) is 0 Å². The second-order valence-electron chi connectivity index (χ2n) is 5.19. The van der Waals surface area contributed by atoms with Crippen LogP contribution in [0.25, 0.3) is 10.8 Å². The van der Waals surface area contributed by atoms with Gasteiger partial charge in [0.2, 0.25) is 0 Å². The molecule has 1 aliphatic heterocycles. The highest BCUT2D eigenvalue weighted by Crippen LogP contribution is 2.37. The molecule has 1 fully saturated rings. The zero-order valence-electron chi connectivity index (χ0n) is 10.6. The van der Waals surface area contributed by atoms with Crippen molar-refractivity contribution < 1.29 is 4.74 Å². The van der Waals surface area contributed by atoms with Gasteiger partial charge in [0.05, 0.1) is 11.6 Å². The third-order valence-corrected chi connectivity index (χ3v) is 3.96. The van der Waals surface area contributed by atoms with E-state index in [0.29, 0.717) is 0 Å². The average Bonchev–Trinajstić information content (AvgIpc) is 2.85. The Kier molecular flexibility index (Phi) is 2.80. The van der Waals surface area contributed by atoms with Crippen LogP contribution in [-0.4, -0.2) is 17.2 Å². The number of nitrogens with zero attached hydrogens (tertiary/aromatic N) is 1. The third-order valence-electron chi connectivity index (χ3n) is 3.96. The van der Waals surface area contributed by atoms with Crippen LogP contribution in [0.2, 0.25) is 0 Å². The predicted octanol–water partition coefficient (Wildman–Crippen LogP) is 2.80. The number of fused-ring (bicyclic) bond motifs is 1. The Morgan fingerprint density at radius 3 is 3.06 bits per heavy atom. The molecule has 1 aromatic heterocycles. The molecule has 0 amide bonds. The molecule has 94 valence electrons. The van der Waals surface area contributed by atoms with Crippen molar-refractivity contribution in [2.24, 2.45) is 5.73 Å². The van der Waals surface area contributed by atoms with Crippen LogP contribution in [0.15, 0.2) is 36.7 Å². The molecular weight excluding hydrogens is 224 g/mol. The monoisotopic (exact) mass is 242 g/mol. The van der Waals surface area contributed by atoms with E-state index in [9.17, 15) is 0 Å². The van der Waals surface area contributed by atoms with E-state index in [-0.39, 0.29) is 11.6 Å². The predicted molar refractivity (Wildman–Crippen MR) is 72.3 cm³/mol. The minimum atomic E-state index is -0.239. The van der Waals surface area contributed by atoms with Crippen LogP contribution in [0, 0.1) is 0 Å². The minimum absolute atomic E-state index is 0.0916. The molecule has 0 aliphatic carbocycles. The lowest BCUT2D eigenvalue weighted by Crippen LogP contribution is -2.37. The molecule has 18 heavy (non-hydrogen) atoms. The summed E-state index contributed by atoms with van der Waals surface area (Å²) in [6, 6.07) is 8.14. The second-order valence-corrected chi connectivity index (χ2v) is 5.19. The summed E-state index contributed by atoms with van der Waals surface area (Å²) in [5.74, 6) is 0. The molecule has 2 aromatic rings. The zero-order valence-corrected chi connectivity index (χ0v) is 10.6. The van der Waals surface area contributed by atoms with Crippen LogP contribution in [0.5, 0.6) is 0 Å². The molecule has 3 nitrogen and oxygen atoms in total. The van der Waals surface area contributed by atoms with Crippen LogP contribution in [0.1, 0.15) is 31.4 Å². The van der Waals surface area contributed by atoms with Crippen molar-refractivity contribution in [3.05, 3.63) is 42.2 Å². The molecular formula is C15H18N2O. The summed E-state index contributed by atoms with van der Waals surface area (Å²) in [6.07, 6.45) is 5.81. The summed E-state index contributed by atoms with van der Waals surface area (Å²) in [5.41, 5.74) is 7.37. The van der Waals surface area contributed by atoms with Gasteiger partial charge in [-0.05, 0) is 36.8 Å². The topological polar surface area (TPSA) is 48.1 Å². The van der Waals surface area contributed by atoms with Gasteiger partial charge in [-0.3, -0.25) is 4.98 Å². The quantitative estimate of drug-likeness (QED) is 0.881. The maximum absolute atomic E-state index is 6.46. The van der Waals surface area contributed by atoms with Crippen molar-refractivity contribution in [3.63, 3.8) is 0 Å². The number of rotatable bonds is 2. The SMILES string of the molecule is CC1(C(N)c2cccc3cnccc23)CCCO1. The van der Waals surface area contributed by atoms with E-state index < -0.39 is 0 Å². The Balaban J connectivity index is 2.08. The highest BCUT2D eigenvalue weighted by Gasteiger charge is 2.37. The molecule has 2 unspecified atom stereocenters. The van der Waals surface area contributed by atoms with Gasteiger partial charge in [-0.25, -0.2) is 0 Å². The number of nitrogens with two attached hydrogens (primary N) is 1. The Hall–Kier alpha value is -1.45. The first-order chi connectivity index (χ1) is 8.71. The van der Waals surface area contributed by atoms with E-state index in [1.807, 2.05) is 24.5 Å². The molecule has 0 radical (unpaired) electrons. The van der Waals surface area contributed by atoms with Crippen LogP contribution < -0.4 is 5.73 Å². The average molecular weight is 242 g/mol. The third kappa shape index (κ3) is 1.80. The Morgan fingerprint density at radius 1 is 1.39 bits per heavy atom. The number of benzene rings is 1. The molecule has 0 saturated carbocycles. The molecule has 2 heterocycles. The fourth-order valence-electron chi connectivity index (χ4n) is 2.79. The van der Waals surface area contributed by atoms with Crippen LogP contribution in [-0.2, 0) is 4.74 Å². The molecule has 1 saturated heterocycles. The summed E-state index contributed by atoms with van der Waals surface area (Å²) >= 11 is 0. The Morgan fingerprint density at radius 2 is 2.28 bits per heavy atom. The van der Waals surface area contributed by atoms with Gasteiger partial charge in [0, 0.05) is 24.4 Å². The number of pyridine rings is 1. The van der Waals surface area contributed by atoms with Gasteiger partial charge in [-0.15, -0.1) is 0 Å². The first-order valence-corrected chi connectivity index (χ1v) is 6.43. The van der Waals surface area contributed by atoms with Gasteiger partial charge in [-0.1, -0.05) is 18.2 Å². The van der Waals surface area contributed by atoms with Gasteiger partial charge < -0.3 is 10.5 Å². The number of hydrogen-bond acceptors (Lipinski definition) is 3. The Labute approximate surface area is 107 Å². The fourth-order valence-corrected chi connectivity index (χ4v) is 2.79. The van der Waals surface area contributed by atoms with Crippen molar-refractivity contribution in [3.8, 4) is 0 Å². The van der Waals surface area contributed by atoms with Crippen molar-refractivity contribution in [1.29, 1.82) is 0 Å². The van der Waals surface area contributed by atoms with E-state index in [0.717, 1.165) is 30.4 Å². The molecule has 2 N–H and O–H groups in total. The molecule has 3 rings (SSSR count). The van der Waals surface area contributed by atoms with Gasteiger partial charge in [0.15, 0.2) is 0 Å². The largest absolute Gasteiger partial charge is 0.373 e. The lowest BCUT2D eigenvalue weighted by atomic mass is 9.86. The van der Waals surface area contributed by atoms with Crippen molar-refractivity contribution >= 4 is 10.8 Å². The normalized spacial score (nSPS) is 25.4. The van der Waals surface area contributed by atoms with Crippen LogP contribution in [0.3, 0.4) is 0 Å².